The molecule has 0 radical (unpaired) electrons. The highest BCUT2D eigenvalue weighted by Crippen LogP contribution is 2.34. The number of fused-ring (bicyclic) bond motifs is 1. The zero-order chi connectivity index (χ0) is 15.0. The molecule has 1 N–H and O–H groups in total. The Labute approximate surface area is 127 Å². The van der Waals surface area contributed by atoms with Crippen LogP contribution in [0.5, 0.6) is 0 Å². The molecule has 21 heavy (non-hydrogen) atoms. The molecule has 2 nitrogen and oxygen atoms in total. The molecule has 0 aliphatic heterocycles. The quantitative estimate of drug-likeness (QED) is 0.738. The lowest BCUT2D eigenvalue weighted by molar-refractivity contribution is 0.468. The number of rotatable bonds is 4. The number of hydrogen-bond acceptors (Lipinski definition) is 3. The van der Waals surface area contributed by atoms with Gasteiger partial charge in [0, 0.05) is 15.1 Å². The molecule has 0 saturated heterocycles. The Morgan fingerprint density at radius 1 is 1.29 bits per heavy atom. The second kappa shape index (κ2) is 5.62. The Morgan fingerprint density at radius 2 is 2.10 bits per heavy atom. The molecule has 0 bridgehead atoms. The summed E-state index contributed by atoms with van der Waals surface area (Å²) in [7, 11) is 0. The van der Waals surface area contributed by atoms with E-state index in [0.29, 0.717) is 5.58 Å². The van der Waals surface area contributed by atoms with Crippen LogP contribution in [-0.4, -0.2) is 6.54 Å². The molecule has 0 saturated carbocycles. The summed E-state index contributed by atoms with van der Waals surface area (Å²) in [6.07, 6.45) is 0. The van der Waals surface area contributed by atoms with Gasteiger partial charge in [0.1, 0.15) is 11.8 Å². The van der Waals surface area contributed by atoms with Crippen molar-refractivity contribution in [2.45, 2.75) is 26.8 Å². The molecule has 0 spiro atoms. The Kier molecular flexibility index (Phi) is 3.83. The van der Waals surface area contributed by atoms with Gasteiger partial charge in [0.2, 0.25) is 0 Å². The largest absolute Gasteiger partial charge is 0.456 e. The van der Waals surface area contributed by atoms with Crippen LogP contribution >= 0.6 is 11.3 Å². The van der Waals surface area contributed by atoms with E-state index in [1.807, 2.05) is 12.1 Å². The molecule has 3 aromatic rings. The van der Waals surface area contributed by atoms with Gasteiger partial charge in [0.15, 0.2) is 11.4 Å². The first-order chi connectivity index (χ1) is 10.1. The number of para-hydroxylation sites is 1. The van der Waals surface area contributed by atoms with Crippen LogP contribution in [0.2, 0.25) is 0 Å². The van der Waals surface area contributed by atoms with Crippen LogP contribution in [0.3, 0.4) is 0 Å². The molecule has 1 atom stereocenters. The van der Waals surface area contributed by atoms with Crippen molar-refractivity contribution < 1.29 is 8.81 Å². The summed E-state index contributed by atoms with van der Waals surface area (Å²) in [5, 5.41) is 4.23. The van der Waals surface area contributed by atoms with Crippen LogP contribution in [0.1, 0.15) is 34.0 Å². The second-order valence-corrected chi connectivity index (χ2v) is 6.47. The SMILES string of the molecule is CCNC(c1cc2cccc(F)c2o1)c1cc(C)c(C)s1. The average molecular weight is 303 g/mol. The molecule has 0 aliphatic carbocycles. The van der Waals surface area contributed by atoms with Crippen LogP contribution in [0, 0.1) is 19.7 Å². The fourth-order valence-corrected chi connectivity index (χ4v) is 3.61. The molecule has 0 aliphatic rings. The van der Waals surface area contributed by atoms with Gasteiger partial charge in [-0.25, -0.2) is 4.39 Å². The van der Waals surface area contributed by atoms with E-state index in [2.05, 4.69) is 32.2 Å². The third-order valence-corrected chi connectivity index (χ3v) is 4.89. The topological polar surface area (TPSA) is 25.2 Å². The summed E-state index contributed by atoms with van der Waals surface area (Å²) in [5.74, 6) is 0.450. The first kappa shape index (κ1) is 14.3. The second-order valence-electron chi connectivity index (χ2n) is 5.19. The Hall–Kier alpha value is -1.65. The number of nitrogens with one attached hydrogen (secondary N) is 1. The summed E-state index contributed by atoms with van der Waals surface area (Å²) in [4.78, 5) is 2.50. The van der Waals surface area contributed by atoms with E-state index in [0.717, 1.165) is 17.7 Å². The molecule has 2 heterocycles. The average Bonchev–Trinajstić information content (AvgIpc) is 3.01. The highest BCUT2D eigenvalue weighted by molar-refractivity contribution is 7.12. The first-order valence-corrected chi connectivity index (χ1v) is 7.90. The standard InChI is InChI=1S/C17H18FNOS/c1-4-19-16(15-8-10(2)11(3)21-15)14-9-12-6-5-7-13(18)17(12)20-14/h5-9,16,19H,4H2,1-3H3. The van der Waals surface area contributed by atoms with Crippen LogP contribution in [0.15, 0.2) is 34.7 Å². The minimum absolute atomic E-state index is 0.0285. The number of thiophene rings is 1. The fourth-order valence-electron chi connectivity index (χ4n) is 2.48. The minimum atomic E-state index is -0.312. The summed E-state index contributed by atoms with van der Waals surface area (Å²) in [6, 6.07) is 9.08. The summed E-state index contributed by atoms with van der Waals surface area (Å²) in [5.41, 5.74) is 1.61. The summed E-state index contributed by atoms with van der Waals surface area (Å²) < 4.78 is 19.6. The van der Waals surface area contributed by atoms with Crippen LogP contribution < -0.4 is 5.32 Å². The van der Waals surface area contributed by atoms with Crippen molar-refractivity contribution in [2.75, 3.05) is 6.54 Å². The van der Waals surface area contributed by atoms with Gasteiger partial charge in [-0.05, 0) is 44.2 Å². The highest BCUT2D eigenvalue weighted by Gasteiger charge is 2.21. The molecular weight excluding hydrogens is 285 g/mol. The van der Waals surface area contributed by atoms with Gasteiger partial charge >= 0.3 is 0 Å². The fraction of sp³-hybridized carbons (Fsp3) is 0.294. The summed E-state index contributed by atoms with van der Waals surface area (Å²) >= 11 is 1.76. The van der Waals surface area contributed by atoms with Gasteiger partial charge in [-0.15, -0.1) is 11.3 Å². The molecule has 2 aromatic heterocycles. The predicted molar refractivity (Wildman–Crippen MR) is 85.5 cm³/mol. The van der Waals surface area contributed by atoms with Gasteiger partial charge in [-0.3, -0.25) is 0 Å². The third-order valence-electron chi connectivity index (χ3n) is 3.68. The maximum atomic E-state index is 13.8. The van der Waals surface area contributed by atoms with Gasteiger partial charge in [-0.2, -0.15) is 0 Å². The van der Waals surface area contributed by atoms with E-state index in [-0.39, 0.29) is 11.9 Å². The molecular formula is C17H18FNOS. The number of halogens is 1. The molecule has 0 amide bonds. The lowest BCUT2D eigenvalue weighted by Crippen LogP contribution is -2.20. The van der Waals surface area contributed by atoms with Crippen molar-refractivity contribution in [3.63, 3.8) is 0 Å². The van der Waals surface area contributed by atoms with Gasteiger partial charge in [0.05, 0.1) is 0 Å². The maximum Gasteiger partial charge on any atom is 0.169 e. The van der Waals surface area contributed by atoms with Crippen molar-refractivity contribution >= 4 is 22.3 Å². The molecule has 1 unspecified atom stereocenters. The van der Waals surface area contributed by atoms with Gasteiger partial charge < -0.3 is 9.73 Å². The lowest BCUT2D eigenvalue weighted by atomic mass is 10.1. The normalized spacial score (nSPS) is 13.0. The Bertz CT molecular complexity index is 755. The Balaban J connectivity index is 2.08. The zero-order valence-corrected chi connectivity index (χ0v) is 13.2. The minimum Gasteiger partial charge on any atom is -0.456 e. The summed E-state index contributed by atoms with van der Waals surface area (Å²) in [6.45, 7) is 7.10. The van der Waals surface area contributed by atoms with Gasteiger partial charge in [0.25, 0.3) is 0 Å². The van der Waals surface area contributed by atoms with E-state index >= 15 is 0 Å². The molecule has 0 fully saturated rings. The van der Waals surface area contributed by atoms with E-state index in [1.165, 1.54) is 21.4 Å². The third kappa shape index (κ3) is 2.61. The monoisotopic (exact) mass is 303 g/mol. The van der Waals surface area contributed by atoms with Crippen LogP contribution in [0.25, 0.3) is 11.0 Å². The smallest absolute Gasteiger partial charge is 0.169 e. The van der Waals surface area contributed by atoms with Crippen LogP contribution in [-0.2, 0) is 0 Å². The molecule has 4 heteroatoms. The van der Waals surface area contributed by atoms with E-state index in [1.54, 1.807) is 17.4 Å². The van der Waals surface area contributed by atoms with Crippen LogP contribution in [0.4, 0.5) is 4.39 Å². The van der Waals surface area contributed by atoms with Gasteiger partial charge in [-0.1, -0.05) is 19.1 Å². The number of hydrogen-bond donors (Lipinski definition) is 1. The zero-order valence-electron chi connectivity index (χ0n) is 12.4. The molecule has 110 valence electrons. The predicted octanol–water partition coefficient (Wildman–Crippen LogP) is 4.95. The number of furan rings is 1. The van der Waals surface area contributed by atoms with Crippen molar-refractivity contribution in [3.05, 3.63) is 57.2 Å². The van der Waals surface area contributed by atoms with E-state index in [9.17, 15) is 4.39 Å². The van der Waals surface area contributed by atoms with E-state index < -0.39 is 0 Å². The number of benzene rings is 1. The lowest BCUT2D eigenvalue weighted by Gasteiger charge is -2.13. The first-order valence-electron chi connectivity index (χ1n) is 7.08. The van der Waals surface area contributed by atoms with Crippen molar-refractivity contribution in [1.29, 1.82) is 0 Å². The van der Waals surface area contributed by atoms with Crippen molar-refractivity contribution in [3.8, 4) is 0 Å². The Morgan fingerprint density at radius 3 is 2.71 bits per heavy atom. The highest BCUT2D eigenvalue weighted by atomic mass is 32.1. The number of aryl methyl sites for hydroxylation is 2. The maximum absolute atomic E-state index is 13.8. The van der Waals surface area contributed by atoms with Crippen molar-refractivity contribution in [1.82, 2.24) is 5.32 Å². The molecule has 3 rings (SSSR count). The molecule has 1 aromatic carbocycles. The van der Waals surface area contributed by atoms with E-state index in [4.69, 9.17) is 4.42 Å². The van der Waals surface area contributed by atoms with Crippen molar-refractivity contribution in [2.24, 2.45) is 0 Å².